The predicted molar refractivity (Wildman–Crippen MR) is 147 cm³/mol. The van der Waals surface area contributed by atoms with Crippen LogP contribution in [0, 0.1) is 17.2 Å². The predicted octanol–water partition coefficient (Wildman–Crippen LogP) is 5.34. The van der Waals surface area contributed by atoms with Crippen LogP contribution < -0.4 is 10.2 Å². The fourth-order valence-corrected chi connectivity index (χ4v) is 5.03. The highest BCUT2D eigenvalue weighted by atomic mass is 16.2. The summed E-state index contributed by atoms with van der Waals surface area (Å²) in [5, 5.41) is 12.0. The number of aromatic nitrogens is 3. The molecule has 0 spiro atoms. The molecule has 0 bridgehead atoms. The number of hydrogen-bond acceptors (Lipinski definition) is 5. The van der Waals surface area contributed by atoms with E-state index in [0.29, 0.717) is 47.9 Å². The average molecular weight is 507 g/mol. The maximum absolute atomic E-state index is 13.0. The number of imidazole rings is 1. The molecular weight excluding hydrogens is 476 g/mol. The van der Waals surface area contributed by atoms with Crippen molar-refractivity contribution in [3.8, 4) is 6.07 Å². The van der Waals surface area contributed by atoms with Gasteiger partial charge in [-0.3, -0.25) is 19.9 Å². The van der Waals surface area contributed by atoms with E-state index in [4.69, 9.17) is 10.2 Å². The van der Waals surface area contributed by atoms with Crippen LogP contribution in [0.4, 0.5) is 11.6 Å². The topological polar surface area (TPSA) is 104 Å². The van der Waals surface area contributed by atoms with Crippen LogP contribution in [0.3, 0.4) is 0 Å². The number of carbonyl (C=O) groups excluding carboxylic acids is 2. The molecule has 2 amide bonds. The molecule has 2 heterocycles. The van der Waals surface area contributed by atoms with Crippen molar-refractivity contribution in [3.05, 3.63) is 83.7 Å². The van der Waals surface area contributed by atoms with Crippen LogP contribution in [-0.2, 0) is 17.8 Å². The Hall–Kier alpha value is -4.51. The van der Waals surface area contributed by atoms with Gasteiger partial charge in [-0.2, -0.15) is 5.26 Å². The highest BCUT2D eigenvalue weighted by Gasteiger charge is 2.22. The largest absolute Gasteiger partial charge is 0.315 e. The van der Waals surface area contributed by atoms with Crippen molar-refractivity contribution in [2.45, 2.75) is 45.1 Å². The molecule has 5 rings (SSSR count). The third-order valence-electron chi connectivity index (χ3n) is 7.25. The minimum Gasteiger partial charge on any atom is -0.315 e. The van der Waals surface area contributed by atoms with Gasteiger partial charge in [0.15, 0.2) is 0 Å². The zero-order chi connectivity index (χ0) is 26.5. The lowest BCUT2D eigenvalue weighted by atomic mass is 10.0. The second-order valence-electron chi connectivity index (χ2n) is 9.78. The first kappa shape index (κ1) is 25.2. The summed E-state index contributed by atoms with van der Waals surface area (Å²) in [7, 11) is 1.81. The molecule has 0 unspecified atom stereocenters. The maximum atomic E-state index is 13.0. The van der Waals surface area contributed by atoms with Crippen LogP contribution in [0.5, 0.6) is 0 Å². The fourth-order valence-electron chi connectivity index (χ4n) is 5.03. The summed E-state index contributed by atoms with van der Waals surface area (Å²) in [6.07, 6.45) is 7.66. The lowest BCUT2D eigenvalue weighted by molar-refractivity contribution is -0.119. The van der Waals surface area contributed by atoms with E-state index in [1.807, 2.05) is 48.0 Å². The molecule has 4 aromatic rings. The molecular formula is C30H30N6O2. The normalized spacial score (nSPS) is 13.4. The monoisotopic (exact) mass is 506 g/mol. The SMILES string of the molecule is CN(C(=O)CC1CCCC1)c1ccc2c(c1)nc(NC(=O)c1ccc(C#N)cc1)n2CCc1ccccn1. The Kier molecular flexibility index (Phi) is 7.45. The summed E-state index contributed by atoms with van der Waals surface area (Å²) in [6.45, 7) is 0.562. The van der Waals surface area contributed by atoms with E-state index in [1.54, 1.807) is 35.4 Å². The molecule has 0 atom stereocenters. The van der Waals surface area contributed by atoms with Crippen LogP contribution >= 0.6 is 0 Å². The Morgan fingerprint density at radius 1 is 1.11 bits per heavy atom. The third kappa shape index (κ3) is 5.57. The fraction of sp³-hybridized carbons (Fsp3) is 0.300. The van der Waals surface area contributed by atoms with Crippen LogP contribution in [0.25, 0.3) is 11.0 Å². The molecule has 0 aliphatic heterocycles. The highest BCUT2D eigenvalue weighted by Crippen LogP contribution is 2.30. The van der Waals surface area contributed by atoms with Crippen molar-refractivity contribution >= 4 is 34.5 Å². The van der Waals surface area contributed by atoms with E-state index in [9.17, 15) is 9.59 Å². The Bertz CT molecular complexity index is 1480. The number of carbonyl (C=O) groups is 2. The number of pyridine rings is 1. The number of benzene rings is 2. The Balaban J connectivity index is 1.42. The van der Waals surface area contributed by atoms with E-state index in [0.717, 1.165) is 29.7 Å². The van der Waals surface area contributed by atoms with E-state index in [2.05, 4.69) is 16.4 Å². The zero-order valence-corrected chi connectivity index (χ0v) is 21.4. The molecule has 0 saturated heterocycles. The van der Waals surface area contributed by atoms with Crippen LogP contribution in [0.2, 0.25) is 0 Å². The van der Waals surface area contributed by atoms with Gasteiger partial charge in [0.1, 0.15) is 0 Å². The molecule has 1 saturated carbocycles. The van der Waals surface area contributed by atoms with Gasteiger partial charge in [-0.1, -0.05) is 18.9 Å². The Morgan fingerprint density at radius 2 is 1.89 bits per heavy atom. The van der Waals surface area contributed by atoms with Gasteiger partial charge in [-0.15, -0.1) is 0 Å². The Morgan fingerprint density at radius 3 is 2.61 bits per heavy atom. The van der Waals surface area contributed by atoms with Gasteiger partial charge < -0.3 is 9.47 Å². The smallest absolute Gasteiger partial charge is 0.257 e. The molecule has 1 aliphatic rings. The van der Waals surface area contributed by atoms with Crippen molar-refractivity contribution < 1.29 is 9.59 Å². The molecule has 1 N–H and O–H groups in total. The number of aryl methyl sites for hydroxylation is 2. The van der Waals surface area contributed by atoms with E-state index < -0.39 is 0 Å². The number of nitriles is 1. The molecule has 2 aromatic heterocycles. The first-order valence-electron chi connectivity index (χ1n) is 13.0. The maximum Gasteiger partial charge on any atom is 0.257 e. The van der Waals surface area contributed by atoms with Gasteiger partial charge in [-0.25, -0.2) is 4.98 Å². The lowest BCUT2D eigenvalue weighted by Gasteiger charge is -2.19. The number of nitrogens with zero attached hydrogens (tertiary/aromatic N) is 5. The first-order valence-corrected chi connectivity index (χ1v) is 13.0. The minimum absolute atomic E-state index is 0.111. The van der Waals surface area contributed by atoms with Gasteiger partial charge in [-0.05, 0) is 73.4 Å². The number of hydrogen-bond donors (Lipinski definition) is 1. The first-order chi connectivity index (χ1) is 18.5. The number of anilines is 2. The van der Waals surface area contributed by atoms with Gasteiger partial charge in [0.25, 0.3) is 5.91 Å². The van der Waals surface area contributed by atoms with Crippen molar-refractivity contribution in [3.63, 3.8) is 0 Å². The summed E-state index contributed by atoms with van der Waals surface area (Å²) in [5.41, 5.74) is 4.19. The standard InChI is InChI=1S/C30H30N6O2/c1-35(28(37)18-21-6-2-3-7-21)25-13-14-27-26(19-25)33-30(36(27)17-15-24-8-4-5-16-32-24)34-29(38)23-11-9-22(20-31)10-12-23/h4-5,8-14,16,19,21H,2-3,6-7,15,17-18H2,1H3,(H,33,34,38). The van der Waals surface area contributed by atoms with Gasteiger partial charge >= 0.3 is 0 Å². The molecule has 8 nitrogen and oxygen atoms in total. The third-order valence-corrected chi connectivity index (χ3v) is 7.25. The van der Waals surface area contributed by atoms with Gasteiger partial charge in [0.2, 0.25) is 11.9 Å². The lowest BCUT2D eigenvalue weighted by Crippen LogP contribution is -2.27. The van der Waals surface area contributed by atoms with Gasteiger partial charge in [0.05, 0.1) is 22.7 Å². The van der Waals surface area contributed by atoms with E-state index >= 15 is 0 Å². The van der Waals surface area contributed by atoms with Crippen LogP contribution in [0.15, 0.2) is 66.9 Å². The molecule has 38 heavy (non-hydrogen) atoms. The van der Waals surface area contributed by atoms with Crippen molar-refractivity contribution in [2.75, 3.05) is 17.3 Å². The summed E-state index contributed by atoms with van der Waals surface area (Å²) in [5.74, 6) is 0.694. The van der Waals surface area contributed by atoms with Crippen molar-refractivity contribution in [1.82, 2.24) is 14.5 Å². The molecule has 1 aliphatic carbocycles. The van der Waals surface area contributed by atoms with E-state index in [-0.39, 0.29) is 11.8 Å². The van der Waals surface area contributed by atoms with Gasteiger partial charge in [0, 0.05) is 49.6 Å². The Labute approximate surface area is 221 Å². The van der Waals surface area contributed by atoms with Crippen LogP contribution in [0.1, 0.15) is 53.7 Å². The quantitative estimate of drug-likeness (QED) is 0.347. The average Bonchev–Trinajstić information content (AvgIpc) is 3.59. The second-order valence-corrected chi connectivity index (χ2v) is 9.78. The number of amides is 2. The van der Waals surface area contributed by atoms with Crippen LogP contribution in [-0.4, -0.2) is 33.4 Å². The zero-order valence-electron chi connectivity index (χ0n) is 21.4. The molecule has 2 aromatic carbocycles. The highest BCUT2D eigenvalue weighted by molar-refractivity contribution is 6.04. The molecule has 192 valence electrons. The molecule has 0 radical (unpaired) electrons. The number of nitrogens with one attached hydrogen (secondary N) is 1. The number of fused-ring (bicyclic) bond motifs is 1. The molecule has 1 fully saturated rings. The summed E-state index contributed by atoms with van der Waals surface area (Å²) in [4.78, 5) is 36.8. The van der Waals surface area contributed by atoms with Crippen molar-refractivity contribution in [2.24, 2.45) is 5.92 Å². The number of rotatable bonds is 8. The molecule has 8 heteroatoms. The summed E-state index contributed by atoms with van der Waals surface area (Å²) >= 11 is 0. The summed E-state index contributed by atoms with van der Waals surface area (Å²) < 4.78 is 1.97. The summed E-state index contributed by atoms with van der Waals surface area (Å²) in [6, 6.07) is 20.1. The van der Waals surface area contributed by atoms with E-state index in [1.165, 1.54) is 12.8 Å². The minimum atomic E-state index is -0.312. The second kappa shape index (κ2) is 11.3. The van der Waals surface area contributed by atoms with Crippen molar-refractivity contribution in [1.29, 1.82) is 5.26 Å².